The lowest BCUT2D eigenvalue weighted by Crippen LogP contribution is -2.47. The molecular weight excluding hydrogens is 1040 g/mol. The highest BCUT2D eigenvalue weighted by Gasteiger charge is 2.27. The van der Waals surface area contributed by atoms with Crippen molar-refractivity contribution in [2.45, 2.75) is 296 Å². The van der Waals surface area contributed by atoms with Crippen LogP contribution in [-0.2, 0) is 27.9 Å². The molecule has 1 amide bonds. The first kappa shape index (κ1) is 78.7. The van der Waals surface area contributed by atoms with Gasteiger partial charge in [0.25, 0.3) is 7.82 Å². The number of esters is 1. The predicted octanol–water partition coefficient (Wildman–Crippen LogP) is 20.7. The average Bonchev–Trinajstić information content (AvgIpc) is 3.47. The molecule has 0 saturated carbocycles. The summed E-state index contributed by atoms with van der Waals surface area (Å²) in [6.45, 7) is 6.69. The Hall–Kier alpha value is -3.33. The summed E-state index contributed by atoms with van der Waals surface area (Å²) >= 11 is 0. The van der Waals surface area contributed by atoms with Gasteiger partial charge in [-0.3, -0.25) is 14.2 Å². The van der Waals surface area contributed by atoms with Crippen LogP contribution in [0.25, 0.3) is 0 Å². The molecule has 0 aromatic heterocycles. The average molecular weight is 1160 g/mol. The van der Waals surface area contributed by atoms with Crippen molar-refractivity contribution in [1.82, 2.24) is 5.32 Å². The molecule has 0 aromatic carbocycles. The molecular formula is C72H127N2O7P. The summed E-state index contributed by atoms with van der Waals surface area (Å²) in [7, 11) is 1.16. The van der Waals surface area contributed by atoms with Crippen molar-refractivity contribution >= 4 is 19.7 Å². The van der Waals surface area contributed by atoms with E-state index < -0.39 is 26.6 Å². The zero-order valence-corrected chi connectivity index (χ0v) is 54.8. The molecule has 0 bridgehead atoms. The number of carbonyl (C=O) groups is 2. The molecule has 0 aliphatic carbocycles. The number of carbonyl (C=O) groups excluding carboxylic acids is 2. The number of phosphoric ester groups is 1. The number of rotatable bonds is 60. The van der Waals surface area contributed by atoms with Gasteiger partial charge < -0.3 is 28.5 Å². The van der Waals surface area contributed by atoms with E-state index in [1.54, 1.807) is 0 Å². The Balaban J connectivity index is 5.20. The van der Waals surface area contributed by atoms with Crippen molar-refractivity contribution in [2.75, 3.05) is 40.9 Å². The second-order valence-corrected chi connectivity index (χ2v) is 25.0. The number of hydrogen-bond donors (Lipinski definition) is 1. The van der Waals surface area contributed by atoms with E-state index in [0.717, 1.165) is 128 Å². The van der Waals surface area contributed by atoms with Gasteiger partial charge in [0.15, 0.2) is 0 Å². The normalized spacial score (nSPS) is 14.3. The number of amides is 1. The maximum absolute atomic E-state index is 13.6. The zero-order valence-electron chi connectivity index (χ0n) is 53.9. The van der Waals surface area contributed by atoms with Crippen LogP contribution in [0.15, 0.2) is 109 Å². The Morgan fingerprint density at radius 3 is 1.20 bits per heavy atom. The molecule has 1 N–H and O–H groups in total. The number of quaternary nitrogens is 1. The van der Waals surface area contributed by atoms with Crippen molar-refractivity contribution in [3.8, 4) is 0 Å². The fourth-order valence-electron chi connectivity index (χ4n) is 9.26. The molecule has 0 heterocycles. The van der Waals surface area contributed by atoms with Gasteiger partial charge in [-0.1, -0.05) is 265 Å². The molecule has 472 valence electrons. The molecule has 0 fully saturated rings. The predicted molar refractivity (Wildman–Crippen MR) is 353 cm³/mol. The van der Waals surface area contributed by atoms with Crippen LogP contribution in [0.5, 0.6) is 0 Å². The number of phosphoric acid groups is 1. The number of nitrogens with one attached hydrogen (secondary N) is 1. The first-order valence-corrected chi connectivity index (χ1v) is 35.2. The lowest BCUT2D eigenvalue weighted by atomic mass is 10.0. The summed E-state index contributed by atoms with van der Waals surface area (Å²) < 4.78 is 30.4. The first-order valence-electron chi connectivity index (χ1n) is 33.7. The fraction of sp³-hybridized carbons (Fsp3) is 0.722. The Morgan fingerprint density at radius 1 is 0.439 bits per heavy atom. The number of nitrogens with zero attached hydrogens (tertiary/aromatic N) is 1. The third kappa shape index (κ3) is 61.2. The third-order valence-corrected chi connectivity index (χ3v) is 15.4. The lowest BCUT2D eigenvalue weighted by molar-refractivity contribution is -0.870. The molecule has 0 saturated heterocycles. The molecule has 0 aliphatic rings. The van der Waals surface area contributed by atoms with E-state index in [1.807, 2.05) is 33.3 Å². The van der Waals surface area contributed by atoms with Crippen LogP contribution >= 0.6 is 7.82 Å². The number of unbranched alkanes of at least 4 members (excludes halogenated alkanes) is 28. The maximum Gasteiger partial charge on any atom is 0.306 e. The molecule has 0 rings (SSSR count). The molecule has 0 spiro atoms. The highest BCUT2D eigenvalue weighted by Crippen LogP contribution is 2.38. The van der Waals surface area contributed by atoms with Gasteiger partial charge in [-0.2, -0.15) is 0 Å². The van der Waals surface area contributed by atoms with Crippen LogP contribution in [0.4, 0.5) is 0 Å². The highest BCUT2D eigenvalue weighted by atomic mass is 31.2. The van der Waals surface area contributed by atoms with E-state index in [0.29, 0.717) is 17.4 Å². The van der Waals surface area contributed by atoms with E-state index in [9.17, 15) is 19.0 Å². The second kappa shape index (κ2) is 60.8. The van der Waals surface area contributed by atoms with Crippen molar-refractivity contribution < 1.29 is 37.3 Å². The fourth-order valence-corrected chi connectivity index (χ4v) is 9.98. The summed E-state index contributed by atoms with van der Waals surface area (Å²) in [6, 6.07) is -0.905. The monoisotopic (exact) mass is 1160 g/mol. The molecule has 10 heteroatoms. The first-order chi connectivity index (χ1) is 39.9. The molecule has 3 atom stereocenters. The van der Waals surface area contributed by atoms with Crippen molar-refractivity contribution in [3.63, 3.8) is 0 Å². The molecule has 0 aromatic rings. The maximum atomic E-state index is 13.6. The van der Waals surface area contributed by atoms with Crippen molar-refractivity contribution in [2.24, 2.45) is 0 Å². The number of allylic oxidation sites excluding steroid dienone is 17. The van der Waals surface area contributed by atoms with Gasteiger partial charge in [0.05, 0.1) is 33.8 Å². The van der Waals surface area contributed by atoms with E-state index >= 15 is 0 Å². The third-order valence-electron chi connectivity index (χ3n) is 14.4. The van der Waals surface area contributed by atoms with Gasteiger partial charge in [-0.25, -0.2) is 0 Å². The Bertz CT molecular complexity index is 1770. The van der Waals surface area contributed by atoms with Crippen LogP contribution in [0.2, 0.25) is 0 Å². The minimum atomic E-state index is -4.71. The van der Waals surface area contributed by atoms with E-state index in [-0.39, 0.29) is 24.9 Å². The summed E-state index contributed by atoms with van der Waals surface area (Å²) in [5.74, 6) is -0.564. The summed E-state index contributed by atoms with van der Waals surface area (Å²) in [5, 5.41) is 3.03. The highest BCUT2D eigenvalue weighted by molar-refractivity contribution is 7.45. The van der Waals surface area contributed by atoms with Crippen LogP contribution in [0, 0.1) is 0 Å². The Kier molecular flexibility index (Phi) is 58.3. The lowest BCUT2D eigenvalue weighted by Gasteiger charge is -2.30. The van der Waals surface area contributed by atoms with Crippen molar-refractivity contribution in [1.29, 1.82) is 0 Å². The smallest absolute Gasteiger partial charge is 0.306 e. The minimum Gasteiger partial charge on any atom is -0.756 e. The summed E-state index contributed by atoms with van der Waals surface area (Å²) in [6.07, 6.45) is 83.4. The quantitative estimate of drug-likeness (QED) is 0.0212. The second-order valence-electron chi connectivity index (χ2n) is 23.6. The minimum absolute atomic E-state index is 0.0311. The van der Waals surface area contributed by atoms with Gasteiger partial charge in [0.2, 0.25) is 5.91 Å². The molecule has 3 unspecified atom stereocenters. The van der Waals surface area contributed by atoms with Gasteiger partial charge in [0.1, 0.15) is 19.3 Å². The van der Waals surface area contributed by atoms with Gasteiger partial charge in [0, 0.05) is 12.8 Å². The van der Waals surface area contributed by atoms with Gasteiger partial charge >= 0.3 is 5.97 Å². The van der Waals surface area contributed by atoms with Crippen LogP contribution < -0.4 is 10.2 Å². The van der Waals surface area contributed by atoms with E-state index in [2.05, 4.69) is 123 Å². The number of ether oxygens (including phenoxy) is 1. The number of hydrogen-bond acceptors (Lipinski definition) is 7. The standard InChI is InChI=1S/C72H127N2O7P/c1-7-10-13-16-19-22-25-28-30-32-34-36-37-39-40-42-44-46-49-52-55-58-61-64-71(75)73-69(68-80-82(77,78)79-67-66-74(4,5)6)70(63-60-57-54-51-48-27-24-21-18-15-12-9-3)81-72(76)65-62-59-56-53-50-47-45-43-41-38-35-33-31-29-26-23-20-17-14-11-8-2/h10,13,19-20,22-23,28-31,34-36,38-40,60,63,69-70H,7-9,11-12,14-18,21,24-27,32-33,37,41-59,61-62,64-68H2,1-6H3,(H-,73,75,77,78)/b13-10-,22-19-,23-20-,30-28-,31-29-,36-34-,38-35-,40-39-,63-60+. The van der Waals surface area contributed by atoms with Crippen molar-refractivity contribution in [3.05, 3.63) is 109 Å². The SMILES string of the molecule is CC/C=C\C/C=C\C/C=C\C/C=C\C/C=C\CCCCCCCCCC(=O)NC(COP(=O)([O-])OCC[N+](C)(C)C)C(/C=C/CCCCCCCCCCCC)OC(=O)CCCCCCCCCC/C=C\C/C=C\C/C=C\CCCCC. The van der Waals surface area contributed by atoms with Gasteiger partial charge in [-0.05, 0) is 115 Å². The Labute approximate surface area is 506 Å². The molecule has 82 heavy (non-hydrogen) atoms. The van der Waals surface area contributed by atoms with Crippen LogP contribution in [-0.4, -0.2) is 69.4 Å². The van der Waals surface area contributed by atoms with Gasteiger partial charge in [-0.15, -0.1) is 0 Å². The van der Waals surface area contributed by atoms with E-state index in [4.69, 9.17) is 13.8 Å². The Morgan fingerprint density at radius 2 is 0.780 bits per heavy atom. The molecule has 9 nitrogen and oxygen atoms in total. The molecule has 0 aliphatic heterocycles. The largest absolute Gasteiger partial charge is 0.756 e. The van der Waals surface area contributed by atoms with E-state index in [1.165, 1.54) is 122 Å². The topological polar surface area (TPSA) is 114 Å². The zero-order chi connectivity index (χ0) is 60.0. The summed E-state index contributed by atoms with van der Waals surface area (Å²) in [4.78, 5) is 40.1. The number of likely N-dealkylation sites (N-methyl/N-ethyl adjacent to an activating group) is 1. The summed E-state index contributed by atoms with van der Waals surface area (Å²) in [5.41, 5.74) is 0. The van der Waals surface area contributed by atoms with Crippen LogP contribution in [0.3, 0.4) is 0 Å². The van der Waals surface area contributed by atoms with Crippen LogP contribution in [0.1, 0.15) is 284 Å². The molecule has 0 radical (unpaired) electrons.